The number of fused-ring (bicyclic) bond motifs is 1. The van der Waals surface area contributed by atoms with Crippen LogP contribution in [0.25, 0.3) is 16.7 Å². The summed E-state index contributed by atoms with van der Waals surface area (Å²) in [5.74, 6) is -0.603. The van der Waals surface area contributed by atoms with Crippen LogP contribution in [0.1, 0.15) is 27.2 Å². The van der Waals surface area contributed by atoms with Crippen molar-refractivity contribution in [1.29, 1.82) is 5.26 Å². The van der Waals surface area contributed by atoms with Crippen LogP contribution < -0.4 is 5.73 Å². The molecule has 3 aromatic rings. The minimum Gasteiger partial charge on any atom is -0.464 e. The molecule has 0 atom stereocenters. The number of nitrogens with zero attached hydrogens (tertiary/aromatic N) is 3. The van der Waals surface area contributed by atoms with Crippen molar-refractivity contribution in [3.8, 4) is 11.8 Å². The number of nitrogens with two attached hydrogens (primary N) is 1. The van der Waals surface area contributed by atoms with Gasteiger partial charge < -0.3 is 20.0 Å². The first-order chi connectivity index (χ1) is 11.0. The van der Waals surface area contributed by atoms with E-state index in [4.69, 9.17) is 10.5 Å². The largest absolute Gasteiger partial charge is 0.464 e. The average Bonchev–Trinajstić information content (AvgIpc) is 3.12. The number of esters is 1. The molecule has 116 valence electrons. The second kappa shape index (κ2) is 5.18. The summed E-state index contributed by atoms with van der Waals surface area (Å²) in [6, 6.07) is 3.98. The maximum Gasteiger partial charge on any atom is 0.357 e. The zero-order chi connectivity index (χ0) is 16.7. The Labute approximate surface area is 132 Å². The SMILES string of the molecule is COC(=O)c1c(N)c(C#N)cn1-c1c(C)c(C)cc2[nH]cnc12. The molecule has 0 aliphatic rings. The summed E-state index contributed by atoms with van der Waals surface area (Å²) in [4.78, 5) is 19.6. The van der Waals surface area contributed by atoms with Gasteiger partial charge >= 0.3 is 5.97 Å². The zero-order valence-electron chi connectivity index (χ0n) is 13.0. The van der Waals surface area contributed by atoms with Gasteiger partial charge in [0.1, 0.15) is 11.6 Å². The summed E-state index contributed by atoms with van der Waals surface area (Å²) in [7, 11) is 1.28. The number of ether oxygens (including phenoxy) is 1. The molecule has 3 rings (SSSR count). The molecule has 0 aliphatic heterocycles. The summed E-state index contributed by atoms with van der Waals surface area (Å²) in [5.41, 5.74) is 10.6. The predicted octanol–water partition coefficient (Wildman–Crippen LogP) is 2.21. The number of hydrogen-bond donors (Lipinski definition) is 2. The lowest BCUT2D eigenvalue weighted by Gasteiger charge is -2.14. The zero-order valence-corrected chi connectivity index (χ0v) is 13.0. The van der Waals surface area contributed by atoms with E-state index in [9.17, 15) is 10.1 Å². The van der Waals surface area contributed by atoms with Gasteiger partial charge in [0.2, 0.25) is 0 Å². The van der Waals surface area contributed by atoms with Crippen molar-refractivity contribution in [2.24, 2.45) is 0 Å². The van der Waals surface area contributed by atoms with E-state index < -0.39 is 5.97 Å². The Bertz CT molecular complexity index is 975. The second-order valence-corrected chi connectivity index (χ2v) is 5.24. The molecule has 0 aliphatic carbocycles. The highest BCUT2D eigenvalue weighted by atomic mass is 16.5. The summed E-state index contributed by atoms with van der Waals surface area (Å²) in [6.45, 7) is 3.90. The molecule has 1 aromatic carbocycles. The van der Waals surface area contributed by atoms with Crippen molar-refractivity contribution < 1.29 is 9.53 Å². The number of rotatable bonds is 2. The predicted molar refractivity (Wildman–Crippen MR) is 85.4 cm³/mol. The van der Waals surface area contributed by atoms with Crippen LogP contribution in [-0.4, -0.2) is 27.6 Å². The number of imidazole rings is 1. The number of aryl methyl sites for hydroxylation is 1. The Morgan fingerprint density at radius 2 is 2.22 bits per heavy atom. The van der Waals surface area contributed by atoms with Gasteiger partial charge in [-0.1, -0.05) is 0 Å². The van der Waals surface area contributed by atoms with Crippen LogP contribution in [0.3, 0.4) is 0 Å². The van der Waals surface area contributed by atoms with Gasteiger partial charge in [0.15, 0.2) is 5.69 Å². The van der Waals surface area contributed by atoms with E-state index in [0.717, 1.165) is 16.6 Å². The lowest BCUT2D eigenvalue weighted by atomic mass is 10.1. The number of hydrogen-bond acceptors (Lipinski definition) is 5. The number of methoxy groups -OCH3 is 1. The molecule has 0 radical (unpaired) electrons. The molecule has 7 nitrogen and oxygen atoms in total. The first-order valence-electron chi connectivity index (χ1n) is 6.92. The molecule has 0 unspecified atom stereocenters. The number of carbonyl (C=O) groups excluding carboxylic acids is 1. The van der Waals surface area contributed by atoms with E-state index in [1.54, 1.807) is 10.9 Å². The molecule has 3 N–H and O–H groups in total. The average molecular weight is 309 g/mol. The van der Waals surface area contributed by atoms with Crippen LogP contribution in [0.15, 0.2) is 18.6 Å². The molecular weight excluding hydrogens is 294 g/mol. The standard InChI is InChI=1S/C16H15N5O2/c1-8-4-11-13(20-7-19-11)14(9(8)2)21-6-10(5-17)12(18)15(21)16(22)23-3/h4,6-7H,18H2,1-3H3,(H,19,20). The van der Waals surface area contributed by atoms with Gasteiger partial charge in [-0.25, -0.2) is 9.78 Å². The van der Waals surface area contributed by atoms with Gasteiger partial charge in [-0.05, 0) is 31.0 Å². The van der Waals surface area contributed by atoms with E-state index in [-0.39, 0.29) is 16.9 Å². The van der Waals surface area contributed by atoms with Crippen molar-refractivity contribution in [3.63, 3.8) is 0 Å². The molecular formula is C16H15N5O2. The molecule has 2 aromatic heterocycles. The summed E-state index contributed by atoms with van der Waals surface area (Å²) in [5, 5.41) is 9.24. The lowest BCUT2D eigenvalue weighted by molar-refractivity contribution is 0.0593. The number of carbonyl (C=O) groups is 1. The number of nitriles is 1. The third kappa shape index (κ3) is 2.04. The fraction of sp³-hybridized carbons (Fsp3) is 0.188. The highest BCUT2D eigenvalue weighted by Crippen LogP contribution is 2.31. The van der Waals surface area contributed by atoms with Crippen LogP contribution in [0.5, 0.6) is 0 Å². The highest BCUT2D eigenvalue weighted by Gasteiger charge is 2.24. The summed E-state index contributed by atoms with van der Waals surface area (Å²) in [6.07, 6.45) is 3.13. The highest BCUT2D eigenvalue weighted by molar-refractivity contribution is 5.97. The third-order valence-electron chi connectivity index (χ3n) is 3.99. The van der Waals surface area contributed by atoms with Gasteiger partial charge in [-0.2, -0.15) is 5.26 Å². The van der Waals surface area contributed by atoms with E-state index in [0.29, 0.717) is 11.2 Å². The van der Waals surface area contributed by atoms with Crippen molar-refractivity contribution in [3.05, 3.63) is 41.0 Å². The van der Waals surface area contributed by atoms with E-state index in [1.807, 2.05) is 26.0 Å². The number of nitrogen functional groups attached to an aromatic ring is 1. The van der Waals surface area contributed by atoms with E-state index in [1.165, 1.54) is 13.3 Å². The normalized spacial score (nSPS) is 10.7. The molecule has 0 fully saturated rings. The Morgan fingerprint density at radius 3 is 2.87 bits per heavy atom. The van der Waals surface area contributed by atoms with Gasteiger partial charge in [-0.15, -0.1) is 0 Å². The smallest absolute Gasteiger partial charge is 0.357 e. The van der Waals surface area contributed by atoms with Crippen molar-refractivity contribution >= 4 is 22.7 Å². The Morgan fingerprint density at radius 1 is 1.48 bits per heavy atom. The fourth-order valence-electron chi connectivity index (χ4n) is 2.68. The number of H-pyrrole nitrogens is 1. The monoisotopic (exact) mass is 309 g/mol. The summed E-state index contributed by atoms with van der Waals surface area (Å²) < 4.78 is 6.41. The molecule has 0 amide bonds. The van der Waals surface area contributed by atoms with E-state index in [2.05, 4.69) is 9.97 Å². The molecule has 0 saturated carbocycles. The van der Waals surface area contributed by atoms with Crippen LogP contribution in [0, 0.1) is 25.2 Å². The van der Waals surface area contributed by atoms with Crippen LogP contribution in [0.2, 0.25) is 0 Å². The molecule has 0 bridgehead atoms. The molecule has 7 heteroatoms. The topological polar surface area (TPSA) is 110 Å². The number of aromatic nitrogens is 3. The quantitative estimate of drug-likeness (QED) is 0.705. The minimum atomic E-state index is -0.603. The number of benzene rings is 1. The van der Waals surface area contributed by atoms with Crippen molar-refractivity contribution in [2.75, 3.05) is 12.8 Å². The van der Waals surface area contributed by atoms with Crippen molar-refractivity contribution in [1.82, 2.24) is 14.5 Å². The number of nitrogens with one attached hydrogen (secondary N) is 1. The molecule has 0 spiro atoms. The maximum atomic E-state index is 12.2. The van der Waals surface area contributed by atoms with Crippen LogP contribution in [0.4, 0.5) is 5.69 Å². The van der Waals surface area contributed by atoms with Gasteiger partial charge in [0.05, 0.1) is 35.9 Å². The molecule has 2 heterocycles. The second-order valence-electron chi connectivity index (χ2n) is 5.24. The third-order valence-corrected chi connectivity index (χ3v) is 3.99. The van der Waals surface area contributed by atoms with E-state index >= 15 is 0 Å². The van der Waals surface area contributed by atoms with Gasteiger partial charge in [0.25, 0.3) is 0 Å². The Kier molecular flexibility index (Phi) is 3.30. The molecule has 23 heavy (non-hydrogen) atoms. The van der Waals surface area contributed by atoms with Gasteiger partial charge in [-0.3, -0.25) is 0 Å². The Balaban J connectivity index is 2.45. The first-order valence-corrected chi connectivity index (χ1v) is 6.92. The van der Waals surface area contributed by atoms with Gasteiger partial charge in [0, 0.05) is 6.20 Å². The number of anilines is 1. The number of aromatic amines is 1. The lowest BCUT2D eigenvalue weighted by Crippen LogP contribution is -2.12. The summed E-state index contributed by atoms with van der Waals surface area (Å²) >= 11 is 0. The Hall–Kier alpha value is -3.27. The first kappa shape index (κ1) is 14.7. The minimum absolute atomic E-state index is 0.101. The fourth-order valence-corrected chi connectivity index (χ4v) is 2.68. The maximum absolute atomic E-state index is 12.2. The van der Waals surface area contributed by atoms with Crippen molar-refractivity contribution in [2.45, 2.75) is 13.8 Å². The van der Waals surface area contributed by atoms with Crippen LogP contribution >= 0.6 is 0 Å². The molecule has 0 saturated heterocycles. The van der Waals surface area contributed by atoms with Crippen LogP contribution in [-0.2, 0) is 4.74 Å².